The van der Waals surface area contributed by atoms with Crippen molar-refractivity contribution in [3.8, 4) is 17.0 Å². The summed E-state index contributed by atoms with van der Waals surface area (Å²) in [7, 11) is 1.65. The van der Waals surface area contributed by atoms with Crippen LogP contribution < -0.4 is 15.0 Å². The summed E-state index contributed by atoms with van der Waals surface area (Å²) in [5.74, 6) is 0.878. The molecule has 2 N–H and O–H groups in total. The highest BCUT2D eigenvalue weighted by molar-refractivity contribution is 5.97. The largest absolute Gasteiger partial charge is 0.497 e. The molecule has 0 aliphatic carbocycles. The van der Waals surface area contributed by atoms with Gasteiger partial charge in [-0.25, -0.2) is 0 Å². The molecule has 1 aliphatic heterocycles. The van der Waals surface area contributed by atoms with Crippen LogP contribution in [0.4, 0.5) is 11.4 Å². The average molecular weight is 454 g/mol. The van der Waals surface area contributed by atoms with E-state index >= 15 is 0 Å². The summed E-state index contributed by atoms with van der Waals surface area (Å²) in [4.78, 5) is 30.2. The second-order valence-corrected chi connectivity index (χ2v) is 8.50. The highest BCUT2D eigenvalue weighted by atomic mass is 16.5. The number of para-hydroxylation sites is 1. The molecule has 6 heteroatoms. The maximum atomic E-state index is 12.9. The number of fused-ring (bicyclic) bond motifs is 1. The van der Waals surface area contributed by atoms with E-state index in [1.807, 2.05) is 60.7 Å². The number of carbonyl (C=O) groups is 2. The molecule has 2 amide bonds. The van der Waals surface area contributed by atoms with Crippen molar-refractivity contribution in [3.05, 3.63) is 78.4 Å². The maximum absolute atomic E-state index is 12.9. The monoisotopic (exact) mass is 453 g/mol. The van der Waals surface area contributed by atoms with E-state index in [1.54, 1.807) is 12.0 Å². The minimum Gasteiger partial charge on any atom is -0.497 e. The minimum absolute atomic E-state index is 0.0594. The van der Waals surface area contributed by atoms with Gasteiger partial charge in [0.15, 0.2) is 0 Å². The van der Waals surface area contributed by atoms with Crippen LogP contribution in [0.1, 0.15) is 24.8 Å². The van der Waals surface area contributed by atoms with Gasteiger partial charge < -0.3 is 19.9 Å². The number of methoxy groups -OCH3 is 1. The van der Waals surface area contributed by atoms with E-state index in [9.17, 15) is 9.59 Å². The number of aromatic nitrogens is 1. The summed E-state index contributed by atoms with van der Waals surface area (Å²) in [5, 5.41) is 4.12. The summed E-state index contributed by atoms with van der Waals surface area (Å²) in [6.45, 7) is 0.727. The number of rotatable bonds is 7. The predicted molar refractivity (Wildman–Crippen MR) is 135 cm³/mol. The Bertz CT molecular complexity index is 1340. The molecule has 0 spiro atoms. The Balaban J connectivity index is 1.34. The van der Waals surface area contributed by atoms with Crippen LogP contribution in [0.2, 0.25) is 0 Å². The van der Waals surface area contributed by atoms with E-state index in [4.69, 9.17) is 4.74 Å². The smallest absolute Gasteiger partial charge is 0.227 e. The molecule has 0 atom stereocenters. The molecule has 0 saturated carbocycles. The van der Waals surface area contributed by atoms with Crippen molar-refractivity contribution in [2.45, 2.75) is 25.7 Å². The number of amides is 2. The molecule has 172 valence electrons. The van der Waals surface area contributed by atoms with Crippen LogP contribution in [0.25, 0.3) is 22.2 Å². The second-order valence-electron chi connectivity index (χ2n) is 8.50. The minimum atomic E-state index is -0.0594. The van der Waals surface area contributed by atoms with Crippen molar-refractivity contribution in [1.29, 1.82) is 0 Å². The fraction of sp³-hybridized carbons (Fsp3) is 0.214. The average Bonchev–Trinajstić information content (AvgIpc) is 3.46. The van der Waals surface area contributed by atoms with E-state index in [0.29, 0.717) is 24.9 Å². The number of ether oxygens (including phenoxy) is 1. The van der Waals surface area contributed by atoms with Gasteiger partial charge in [0.2, 0.25) is 11.8 Å². The number of nitrogens with one attached hydrogen (secondary N) is 2. The van der Waals surface area contributed by atoms with Crippen LogP contribution in [0.3, 0.4) is 0 Å². The highest BCUT2D eigenvalue weighted by Crippen LogP contribution is 2.32. The number of hydrogen-bond acceptors (Lipinski definition) is 3. The van der Waals surface area contributed by atoms with E-state index in [-0.39, 0.29) is 11.8 Å². The fourth-order valence-electron chi connectivity index (χ4n) is 4.60. The summed E-state index contributed by atoms with van der Waals surface area (Å²) in [6, 6.07) is 23.6. The number of H-pyrrole nitrogens is 1. The van der Waals surface area contributed by atoms with Crippen LogP contribution in [0.15, 0.2) is 72.8 Å². The molecule has 3 aromatic carbocycles. The number of aromatic amines is 1. The van der Waals surface area contributed by atoms with E-state index < -0.39 is 0 Å². The Hall–Kier alpha value is -4.06. The van der Waals surface area contributed by atoms with Crippen LogP contribution in [0, 0.1) is 0 Å². The Labute approximate surface area is 198 Å². The van der Waals surface area contributed by atoms with E-state index in [0.717, 1.165) is 52.1 Å². The first-order valence-electron chi connectivity index (χ1n) is 11.6. The normalized spacial score (nSPS) is 13.4. The zero-order valence-electron chi connectivity index (χ0n) is 19.1. The molecular formula is C28H27N3O3. The highest BCUT2D eigenvalue weighted by Gasteiger charge is 2.22. The molecule has 6 nitrogen and oxygen atoms in total. The Morgan fingerprint density at radius 1 is 1.06 bits per heavy atom. The van der Waals surface area contributed by atoms with Gasteiger partial charge in [0.25, 0.3) is 0 Å². The van der Waals surface area contributed by atoms with Gasteiger partial charge in [0, 0.05) is 47.4 Å². The molecule has 5 rings (SSSR count). The van der Waals surface area contributed by atoms with Gasteiger partial charge in [-0.3, -0.25) is 9.59 Å². The van der Waals surface area contributed by atoms with Crippen molar-refractivity contribution in [2.75, 3.05) is 23.9 Å². The lowest BCUT2D eigenvalue weighted by Gasteiger charge is -2.16. The van der Waals surface area contributed by atoms with Gasteiger partial charge in [-0.2, -0.15) is 0 Å². The Morgan fingerprint density at radius 2 is 1.88 bits per heavy atom. The van der Waals surface area contributed by atoms with E-state index in [2.05, 4.69) is 22.4 Å². The Kier molecular flexibility index (Phi) is 6.04. The molecule has 1 aromatic heterocycles. The van der Waals surface area contributed by atoms with Gasteiger partial charge in [-0.15, -0.1) is 0 Å². The lowest BCUT2D eigenvalue weighted by Crippen LogP contribution is -2.23. The van der Waals surface area contributed by atoms with Crippen molar-refractivity contribution in [2.24, 2.45) is 0 Å². The van der Waals surface area contributed by atoms with Gasteiger partial charge in [-0.1, -0.05) is 24.3 Å². The topological polar surface area (TPSA) is 74.4 Å². The first-order valence-corrected chi connectivity index (χ1v) is 11.6. The number of carbonyl (C=O) groups excluding carboxylic acids is 2. The zero-order chi connectivity index (χ0) is 23.5. The molecule has 4 aromatic rings. The third kappa shape index (κ3) is 4.39. The third-order valence-corrected chi connectivity index (χ3v) is 6.31. The lowest BCUT2D eigenvalue weighted by atomic mass is 10.0. The number of aryl methyl sites for hydroxylation is 1. The summed E-state index contributed by atoms with van der Waals surface area (Å²) >= 11 is 0. The molecule has 1 fully saturated rings. The van der Waals surface area contributed by atoms with E-state index in [1.165, 1.54) is 0 Å². The number of hydrogen-bond donors (Lipinski definition) is 2. The van der Waals surface area contributed by atoms with Crippen LogP contribution >= 0.6 is 0 Å². The van der Waals surface area contributed by atoms with Crippen LogP contribution in [-0.2, 0) is 16.0 Å². The van der Waals surface area contributed by atoms with Crippen LogP contribution in [0.5, 0.6) is 5.75 Å². The Morgan fingerprint density at radius 3 is 2.65 bits per heavy atom. The lowest BCUT2D eigenvalue weighted by molar-refractivity contribution is -0.117. The molecule has 34 heavy (non-hydrogen) atoms. The first kappa shape index (κ1) is 21.8. The maximum Gasteiger partial charge on any atom is 0.227 e. The summed E-state index contributed by atoms with van der Waals surface area (Å²) in [6.07, 6.45) is 2.40. The van der Waals surface area contributed by atoms with Crippen molar-refractivity contribution < 1.29 is 14.3 Å². The summed E-state index contributed by atoms with van der Waals surface area (Å²) in [5.41, 5.74) is 5.77. The zero-order valence-corrected chi connectivity index (χ0v) is 19.1. The fourth-order valence-corrected chi connectivity index (χ4v) is 4.60. The van der Waals surface area contributed by atoms with Gasteiger partial charge in [0.05, 0.1) is 7.11 Å². The van der Waals surface area contributed by atoms with Crippen molar-refractivity contribution in [3.63, 3.8) is 0 Å². The molecule has 0 radical (unpaired) electrons. The van der Waals surface area contributed by atoms with Gasteiger partial charge in [-0.05, 0) is 72.5 Å². The molecule has 1 aliphatic rings. The molecule has 0 unspecified atom stereocenters. The molecule has 1 saturated heterocycles. The molecule has 0 bridgehead atoms. The third-order valence-electron chi connectivity index (χ3n) is 6.31. The van der Waals surface area contributed by atoms with Crippen molar-refractivity contribution >= 4 is 34.1 Å². The van der Waals surface area contributed by atoms with Crippen LogP contribution in [-0.4, -0.2) is 30.5 Å². The first-order chi connectivity index (χ1) is 16.6. The van der Waals surface area contributed by atoms with Gasteiger partial charge in [0.1, 0.15) is 5.75 Å². The summed E-state index contributed by atoms with van der Waals surface area (Å²) < 4.78 is 5.29. The number of anilines is 2. The molecule has 2 heterocycles. The van der Waals surface area contributed by atoms with Gasteiger partial charge >= 0.3 is 0 Å². The number of benzene rings is 3. The number of nitrogens with zero attached hydrogens (tertiary/aromatic N) is 1. The standard InChI is InChI=1S/C28H27N3O3/c1-34-22-13-11-19(12-14-22)28-24(23-8-2-3-9-25(23)30-28)15-16-26(32)29-20-6-4-7-21(18-20)31-17-5-10-27(31)33/h2-4,6-9,11-14,18,30H,5,10,15-17H2,1H3,(H,29,32). The SMILES string of the molecule is COc1ccc(-c2[nH]c3ccccc3c2CCC(=O)Nc2cccc(N3CCCC3=O)c2)cc1. The molecular weight excluding hydrogens is 426 g/mol. The predicted octanol–water partition coefficient (Wildman–Crippen LogP) is 5.54. The van der Waals surface area contributed by atoms with Crippen molar-refractivity contribution in [1.82, 2.24) is 4.98 Å². The quantitative estimate of drug-likeness (QED) is 0.386. The second kappa shape index (κ2) is 9.43.